The number of amides is 2. The second-order valence-corrected chi connectivity index (χ2v) is 3.99. The third kappa shape index (κ3) is 4.40. The van der Waals surface area contributed by atoms with Gasteiger partial charge in [0.2, 0.25) is 5.91 Å². The van der Waals surface area contributed by atoms with Crippen LogP contribution >= 0.6 is 0 Å². The van der Waals surface area contributed by atoms with Crippen LogP contribution in [0.5, 0.6) is 0 Å². The van der Waals surface area contributed by atoms with Crippen LogP contribution in [0.15, 0.2) is 12.7 Å². The van der Waals surface area contributed by atoms with Crippen molar-refractivity contribution in [1.82, 2.24) is 15.1 Å². The quantitative estimate of drug-likeness (QED) is 0.691. The van der Waals surface area contributed by atoms with Crippen LogP contribution in [0.25, 0.3) is 0 Å². The molecule has 1 heterocycles. The Morgan fingerprint density at radius 3 is 2.39 bits per heavy atom. The van der Waals surface area contributed by atoms with Crippen LogP contribution in [0.2, 0.25) is 0 Å². The minimum absolute atomic E-state index is 0.136. The number of hydrogen-bond acceptors (Lipinski definition) is 3. The molecule has 18 heavy (non-hydrogen) atoms. The average molecular weight is 261 g/mol. The van der Waals surface area contributed by atoms with Gasteiger partial charge in [-0.1, -0.05) is 6.08 Å². The van der Waals surface area contributed by atoms with Crippen molar-refractivity contribution in [3.63, 3.8) is 0 Å². The molecule has 1 fully saturated rings. The van der Waals surface area contributed by atoms with Crippen LogP contribution < -0.4 is 5.32 Å². The fourth-order valence-electron chi connectivity index (χ4n) is 1.71. The number of carbonyl (C=O) groups is 2. The number of carbonyl (C=O) groups excluding carboxylic acids is 2. The highest BCUT2D eigenvalue weighted by Crippen LogP contribution is 2.06. The molecule has 1 rings (SSSR count). The summed E-state index contributed by atoms with van der Waals surface area (Å²) in [5.41, 5.74) is 0. The maximum absolute atomic E-state index is 12.2. The summed E-state index contributed by atoms with van der Waals surface area (Å²) in [5.74, 6) is -1.27. The zero-order chi connectivity index (χ0) is 13.5. The van der Waals surface area contributed by atoms with Crippen molar-refractivity contribution in [2.75, 3.05) is 39.3 Å². The number of piperazine rings is 1. The maximum atomic E-state index is 12.2. The molecule has 1 N–H and O–H groups in total. The summed E-state index contributed by atoms with van der Waals surface area (Å²) >= 11 is 0. The third-order valence-electron chi connectivity index (χ3n) is 2.68. The van der Waals surface area contributed by atoms with Crippen molar-refractivity contribution in [2.24, 2.45) is 0 Å². The Kier molecular flexibility index (Phi) is 5.70. The van der Waals surface area contributed by atoms with Crippen molar-refractivity contribution < 1.29 is 18.4 Å². The molecule has 0 aliphatic carbocycles. The van der Waals surface area contributed by atoms with Crippen LogP contribution in [0.3, 0.4) is 0 Å². The fourth-order valence-corrected chi connectivity index (χ4v) is 1.71. The summed E-state index contributed by atoms with van der Waals surface area (Å²) in [6, 6.07) is 0. The van der Waals surface area contributed by atoms with E-state index in [4.69, 9.17) is 0 Å². The Hall–Kier alpha value is -1.50. The number of alkyl halides is 2. The molecule has 1 saturated heterocycles. The van der Waals surface area contributed by atoms with Gasteiger partial charge in [-0.3, -0.25) is 14.5 Å². The van der Waals surface area contributed by atoms with E-state index in [-0.39, 0.29) is 25.5 Å². The molecule has 102 valence electrons. The standard InChI is InChI=1S/C11H17F2N3O2/c1-2-3-14-9(17)8-15-4-6-16(7-5-15)11(18)10(12)13/h2,10H,1,3-8H2,(H,14,17). The van der Waals surface area contributed by atoms with E-state index in [1.807, 2.05) is 4.90 Å². The van der Waals surface area contributed by atoms with Crippen LogP contribution in [0.4, 0.5) is 8.78 Å². The van der Waals surface area contributed by atoms with Gasteiger partial charge in [-0.15, -0.1) is 6.58 Å². The van der Waals surface area contributed by atoms with Gasteiger partial charge in [0.25, 0.3) is 5.91 Å². The van der Waals surface area contributed by atoms with Gasteiger partial charge in [0.15, 0.2) is 0 Å². The van der Waals surface area contributed by atoms with Gasteiger partial charge < -0.3 is 10.2 Å². The Balaban J connectivity index is 2.29. The molecular weight excluding hydrogens is 244 g/mol. The first-order valence-corrected chi connectivity index (χ1v) is 5.71. The third-order valence-corrected chi connectivity index (χ3v) is 2.68. The van der Waals surface area contributed by atoms with E-state index < -0.39 is 12.3 Å². The number of rotatable bonds is 5. The highest BCUT2D eigenvalue weighted by molar-refractivity contribution is 5.80. The predicted molar refractivity (Wildman–Crippen MR) is 62.2 cm³/mol. The summed E-state index contributed by atoms with van der Waals surface area (Å²) < 4.78 is 24.4. The lowest BCUT2D eigenvalue weighted by Crippen LogP contribution is -2.52. The number of nitrogens with one attached hydrogen (secondary N) is 1. The summed E-state index contributed by atoms with van der Waals surface area (Å²) in [5, 5.41) is 2.63. The first kappa shape index (κ1) is 14.6. The number of nitrogens with zero attached hydrogens (tertiary/aromatic N) is 2. The Bertz CT molecular complexity index is 315. The molecule has 0 radical (unpaired) electrons. The monoisotopic (exact) mass is 261 g/mol. The normalized spacial score (nSPS) is 16.7. The molecule has 0 spiro atoms. The van der Waals surface area contributed by atoms with Gasteiger partial charge in [0.1, 0.15) is 0 Å². The van der Waals surface area contributed by atoms with E-state index >= 15 is 0 Å². The van der Waals surface area contributed by atoms with Gasteiger partial charge in [-0.25, -0.2) is 0 Å². The lowest BCUT2D eigenvalue weighted by molar-refractivity contribution is -0.144. The molecule has 5 nitrogen and oxygen atoms in total. The minimum atomic E-state index is -2.95. The summed E-state index contributed by atoms with van der Waals surface area (Å²) in [6.45, 7) is 5.43. The highest BCUT2D eigenvalue weighted by atomic mass is 19.3. The van der Waals surface area contributed by atoms with Crippen molar-refractivity contribution in [3.05, 3.63) is 12.7 Å². The molecule has 1 aliphatic rings. The Labute approximate surface area is 104 Å². The van der Waals surface area contributed by atoms with E-state index in [1.54, 1.807) is 6.08 Å². The first-order valence-electron chi connectivity index (χ1n) is 5.71. The van der Waals surface area contributed by atoms with Crippen LogP contribution in [-0.4, -0.2) is 67.3 Å². The average Bonchev–Trinajstić information content (AvgIpc) is 2.36. The lowest BCUT2D eigenvalue weighted by Gasteiger charge is -2.34. The molecule has 0 atom stereocenters. The summed E-state index contributed by atoms with van der Waals surface area (Å²) in [4.78, 5) is 25.4. The van der Waals surface area contributed by atoms with E-state index in [2.05, 4.69) is 11.9 Å². The van der Waals surface area contributed by atoms with E-state index in [0.717, 1.165) is 4.90 Å². The highest BCUT2D eigenvalue weighted by Gasteiger charge is 2.27. The molecule has 0 aromatic carbocycles. The SMILES string of the molecule is C=CCNC(=O)CN1CCN(C(=O)C(F)F)CC1. The molecule has 0 aromatic heterocycles. The fraction of sp³-hybridized carbons (Fsp3) is 0.636. The van der Waals surface area contributed by atoms with Crippen LogP contribution in [-0.2, 0) is 9.59 Å². The smallest absolute Gasteiger partial charge is 0.315 e. The molecule has 0 saturated carbocycles. The molecule has 0 unspecified atom stereocenters. The molecular formula is C11H17F2N3O2. The van der Waals surface area contributed by atoms with Crippen molar-refractivity contribution in [3.8, 4) is 0 Å². The Morgan fingerprint density at radius 1 is 1.28 bits per heavy atom. The van der Waals surface area contributed by atoms with Gasteiger partial charge >= 0.3 is 6.43 Å². The molecule has 7 heteroatoms. The van der Waals surface area contributed by atoms with Crippen molar-refractivity contribution in [1.29, 1.82) is 0 Å². The van der Waals surface area contributed by atoms with Crippen LogP contribution in [0.1, 0.15) is 0 Å². The van der Waals surface area contributed by atoms with E-state index in [9.17, 15) is 18.4 Å². The first-order chi connectivity index (χ1) is 8.54. The van der Waals surface area contributed by atoms with E-state index in [1.165, 1.54) is 0 Å². The summed E-state index contributed by atoms with van der Waals surface area (Å²) in [6.07, 6.45) is -1.37. The summed E-state index contributed by atoms with van der Waals surface area (Å²) in [7, 11) is 0. The van der Waals surface area contributed by atoms with Gasteiger partial charge in [0, 0.05) is 32.7 Å². The molecule has 2 amide bonds. The minimum Gasteiger partial charge on any atom is -0.352 e. The topological polar surface area (TPSA) is 52.7 Å². The molecule has 0 aromatic rings. The number of hydrogen-bond donors (Lipinski definition) is 1. The van der Waals surface area contributed by atoms with Gasteiger partial charge in [-0.2, -0.15) is 8.78 Å². The van der Waals surface area contributed by atoms with Crippen molar-refractivity contribution >= 4 is 11.8 Å². The maximum Gasteiger partial charge on any atom is 0.315 e. The second-order valence-electron chi connectivity index (χ2n) is 3.99. The second kappa shape index (κ2) is 7.05. The Morgan fingerprint density at radius 2 is 1.89 bits per heavy atom. The van der Waals surface area contributed by atoms with Gasteiger partial charge in [0.05, 0.1) is 6.54 Å². The zero-order valence-electron chi connectivity index (χ0n) is 10.1. The van der Waals surface area contributed by atoms with Crippen LogP contribution in [0, 0.1) is 0 Å². The molecule has 1 aliphatic heterocycles. The van der Waals surface area contributed by atoms with Gasteiger partial charge in [-0.05, 0) is 0 Å². The zero-order valence-corrected chi connectivity index (χ0v) is 10.1. The molecule has 0 bridgehead atoms. The van der Waals surface area contributed by atoms with E-state index in [0.29, 0.717) is 19.6 Å². The van der Waals surface area contributed by atoms with Crippen molar-refractivity contribution in [2.45, 2.75) is 6.43 Å². The number of halogens is 2. The predicted octanol–water partition coefficient (Wildman–Crippen LogP) is -0.302. The lowest BCUT2D eigenvalue weighted by atomic mass is 10.3. The largest absolute Gasteiger partial charge is 0.352 e.